The standard InChI is InChI=1S/C15H19ClF2N2O/c1-3-9(2)13-15(21)20(8-12(17)18)14(19-13)10-5-4-6-11(16)7-10/h4-7,9,12-14,19H,3,8H2,1-2H3. The summed E-state index contributed by atoms with van der Waals surface area (Å²) >= 11 is 5.96. The fourth-order valence-corrected chi connectivity index (χ4v) is 2.78. The number of rotatable bonds is 5. The van der Waals surface area contributed by atoms with Crippen molar-refractivity contribution in [1.82, 2.24) is 10.2 Å². The predicted octanol–water partition coefficient (Wildman–Crippen LogP) is 3.45. The second-order valence-corrected chi connectivity index (χ2v) is 5.81. The highest BCUT2D eigenvalue weighted by Gasteiger charge is 2.42. The van der Waals surface area contributed by atoms with Crippen LogP contribution in [0.1, 0.15) is 32.0 Å². The third-order valence-electron chi connectivity index (χ3n) is 3.91. The first-order valence-corrected chi connectivity index (χ1v) is 7.42. The van der Waals surface area contributed by atoms with Gasteiger partial charge >= 0.3 is 0 Å². The van der Waals surface area contributed by atoms with E-state index in [2.05, 4.69) is 5.32 Å². The number of nitrogens with one attached hydrogen (secondary N) is 1. The van der Waals surface area contributed by atoms with Gasteiger partial charge in [-0.05, 0) is 23.6 Å². The second-order valence-electron chi connectivity index (χ2n) is 5.37. The number of hydrogen-bond acceptors (Lipinski definition) is 2. The fourth-order valence-electron chi connectivity index (χ4n) is 2.58. The van der Waals surface area contributed by atoms with Gasteiger partial charge in [0, 0.05) is 5.02 Å². The van der Waals surface area contributed by atoms with Crippen molar-refractivity contribution >= 4 is 17.5 Å². The first-order chi connectivity index (χ1) is 9.93. The van der Waals surface area contributed by atoms with Crippen molar-refractivity contribution in [1.29, 1.82) is 0 Å². The van der Waals surface area contributed by atoms with Crippen LogP contribution in [0.25, 0.3) is 0 Å². The van der Waals surface area contributed by atoms with Crippen LogP contribution in [0, 0.1) is 5.92 Å². The monoisotopic (exact) mass is 316 g/mol. The first-order valence-electron chi connectivity index (χ1n) is 7.04. The van der Waals surface area contributed by atoms with Crippen LogP contribution in [0.4, 0.5) is 8.78 Å². The van der Waals surface area contributed by atoms with Crippen LogP contribution >= 0.6 is 11.6 Å². The Morgan fingerprint density at radius 3 is 2.71 bits per heavy atom. The molecule has 21 heavy (non-hydrogen) atoms. The van der Waals surface area contributed by atoms with Gasteiger partial charge in [-0.15, -0.1) is 0 Å². The Balaban J connectivity index is 2.30. The molecule has 1 amide bonds. The average Bonchev–Trinajstić information content (AvgIpc) is 2.75. The predicted molar refractivity (Wildman–Crippen MR) is 78.3 cm³/mol. The van der Waals surface area contributed by atoms with Crippen molar-refractivity contribution < 1.29 is 13.6 Å². The molecular weight excluding hydrogens is 298 g/mol. The quantitative estimate of drug-likeness (QED) is 0.902. The molecule has 1 aromatic rings. The van der Waals surface area contributed by atoms with E-state index in [0.29, 0.717) is 5.02 Å². The Hall–Kier alpha value is -1.20. The van der Waals surface area contributed by atoms with Crippen LogP contribution in [0.2, 0.25) is 5.02 Å². The molecule has 0 radical (unpaired) electrons. The van der Waals surface area contributed by atoms with Crippen molar-refractivity contribution in [3.8, 4) is 0 Å². The molecule has 3 unspecified atom stereocenters. The molecule has 0 bridgehead atoms. The van der Waals surface area contributed by atoms with Gasteiger partial charge in [-0.3, -0.25) is 10.1 Å². The SMILES string of the molecule is CCC(C)C1NC(c2cccc(Cl)c2)N(CC(F)F)C1=O. The lowest BCUT2D eigenvalue weighted by molar-refractivity contribution is -0.132. The fraction of sp³-hybridized carbons (Fsp3) is 0.533. The molecule has 1 aliphatic heterocycles. The lowest BCUT2D eigenvalue weighted by atomic mass is 9.99. The van der Waals surface area contributed by atoms with E-state index in [1.165, 1.54) is 4.90 Å². The molecule has 3 nitrogen and oxygen atoms in total. The van der Waals surface area contributed by atoms with Crippen LogP contribution < -0.4 is 5.32 Å². The maximum absolute atomic E-state index is 12.8. The number of benzene rings is 1. The zero-order chi connectivity index (χ0) is 15.6. The van der Waals surface area contributed by atoms with E-state index in [9.17, 15) is 13.6 Å². The van der Waals surface area contributed by atoms with Crippen molar-refractivity contribution in [2.24, 2.45) is 5.92 Å². The van der Waals surface area contributed by atoms with Crippen LogP contribution in [-0.4, -0.2) is 29.8 Å². The van der Waals surface area contributed by atoms with E-state index in [-0.39, 0.29) is 11.8 Å². The molecule has 1 aliphatic rings. The van der Waals surface area contributed by atoms with Crippen molar-refractivity contribution in [3.05, 3.63) is 34.9 Å². The van der Waals surface area contributed by atoms with Crippen LogP contribution in [-0.2, 0) is 4.79 Å². The minimum atomic E-state index is -2.56. The van der Waals surface area contributed by atoms with E-state index in [0.717, 1.165) is 12.0 Å². The molecule has 0 aromatic heterocycles. The highest BCUT2D eigenvalue weighted by Crippen LogP contribution is 2.30. The summed E-state index contributed by atoms with van der Waals surface area (Å²) in [6.07, 6.45) is -2.31. The summed E-state index contributed by atoms with van der Waals surface area (Å²) in [4.78, 5) is 13.6. The van der Waals surface area contributed by atoms with Gasteiger partial charge in [-0.25, -0.2) is 8.78 Å². The summed E-state index contributed by atoms with van der Waals surface area (Å²) in [5.41, 5.74) is 0.724. The summed E-state index contributed by atoms with van der Waals surface area (Å²) in [6, 6.07) is 6.52. The molecule has 1 fully saturated rings. The van der Waals surface area contributed by atoms with E-state index >= 15 is 0 Å². The summed E-state index contributed by atoms with van der Waals surface area (Å²) in [7, 11) is 0. The summed E-state index contributed by atoms with van der Waals surface area (Å²) in [5.74, 6) is -0.184. The molecular formula is C15H19ClF2N2O. The lowest BCUT2D eigenvalue weighted by Gasteiger charge is -2.24. The Morgan fingerprint density at radius 2 is 2.14 bits per heavy atom. The molecule has 0 spiro atoms. The molecule has 1 N–H and O–H groups in total. The van der Waals surface area contributed by atoms with Crippen LogP contribution in [0.3, 0.4) is 0 Å². The maximum atomic E-state index is 12.8. The highest BCUT2D eigenvalue weighted by molar-refractivity contribution is 6.30. The van der Waals surface area contributed by atoms with Gasteiger partial charge in [0.05, 0.1) is 12.6 Å². The maximum Gasteiger partial charge on any atom is 0.255 e. The van der Waals surface area contributed by atoms with Gasteiger partial charge in [0.2, 0.25) is 5.91 Å². The number of nitrogens with zero attached hydrogens (tertiary/aromatic N) is 1. The van der Waals surface area contributed by atoms with Crippen molar-refractivity contribution in [3.63, 3.8) is 0 Å². The third kappa shape index (κ3) is 3.52. The highest BCUT2D eigenvalue weighted by atomic mass is 35.5. The zero-order valence-electron chi connectivity index (χ0n) is 12.0. The van der Waals surface area contributed by atoms with Gasteiger partial charge < -0.3 is 4.90 Å². The van der Waals surface area contributed by atoms with E-state index in [4.69, 9.17) is 11.6 Å². The third-order valence-corrected chi connectivity index (χ3v) is 4.15. The minimum Gasteiger partial charge on any atom is -0.316 e. The van der Waals surface area contributed by atoms with Crippen LogP contribution in [0.15, 0.2) is 24.3 Å². The number of carbonyl (C=O) groups excluding carboxylic acids is 1. The number of amides is 1. The largest absolute Gasteiger partial charge is 0.316 e. The summed E-state index contributed by atoms with van der Waals surface area (Å²) in [6.45, 7) is 3.34. The van der Waals surface area contributed by atoms with Crippen molar-refractivity contribution in [2.75, 3.05) is 6.54 Å². The smallest absolute Gasteiger partial charge is 0.255 e. The van der Waals surface area contributed by atoms with Gasteiger partial charge in [0.1, 0.15) is 6.17 Å². The van der Waals surface area contributed by atoms with E-state index in [1.54, 1.807) is 24.3 Å². The Kier molecular flexibility index (Phi) is 5.17. The summed E-state index contributed by atoms with van der Waals surface area (Å²) < 4.78 is 25.6. The molecule has 1 aromatic carbocycles. The molecule has 6 heteroatoms. The lowest BCUT2D eigenvalue weighted by Crippen LogP contribution is -2.37. The Morgan fingerprint density at radius 1 is 1.43 bits per heavy atom. The summed E-state index contributed by atoms with van der Waals surface area (Å²) in [5, 5.41) is 3.69. The number of hydrogen-bond donors (Lipinski definition) is 1. The van der Waals surface area contributed by atoms with Crippen molar-refractivity contribution in [2.45, 2.75) is 38.9 Å². The normalized spacial score (nSPS) is 23.9. The molecule has 2 rings (SSSR count). The van der Waals surface area contributed by atoms with Gasteiger partial charge in [-0.1, -0.05) is 44.0 Å². The van der Waals surface area contributed by atoms with Gasteiger partial charge in [0.25, 0.3) is 6.43 Å². The topological polar surface area (TPSA) is 32.3 Å². The Bertz CT molecular complexity index is 512. The number of halogens is 3. The molecule has 1 saturated heterocycles. The van der Waals surface area contributed by atoms with Gasteiger partial charge in [-0.2, -0.15) is 0 Å². The molecule has 1 heterocycles. The van der Waals surface area contributed by atoms with E-state index in [1.807, 2.05) is 13.8 Å². The zero-order valence-corrected chi connectivity index (χ0v) is 12.8. The second kappa shape index (κ2) is 6.71. The minimum absolute atomic E-state index is 0.0851. The molecule has 0 saturated carbocycles. The Labute approximate surface area is 128 Å². The van der Waals surface area contributed by atoms with Crippen LogP contribution in [0.5, 0.6) is 0 Å². The number of carbonyl (C=O) groups is 1. The molecule has 116 valence electrons. The average molecular weight is 317 g/mol. The molecule has 3 atom stereocenters. The first kappa shape index (κ1) is 16.2. The molecule has 0 aliphatic carbocycles. The number of alkyl halides is 2. The van der Waals surface area contributed by atoms with E-state index < -0.39 is 25.2 Å². The van der Waals surface area contributed by atoms with Gasteiger partial charge in [0.15, 0.2) is 0 Å².